The van der Waals surface area contributed by atoms with Gasteiger partial charge in [-0.2, -0.15) is 0 Å². The molecule has 9 nitrogen and oxygen atoms in total. The van der Waals surface area contributed by atoms with Crippen molar-refractivity contribution in [2.24, 2.45) is 0 Å². The van der Waals surface area contributed by atoms with Gasteiger partial charge in [0.2, 0.25) is 0 Å². The van der Waals surface area contributed by atoms with Crippen molar-refractivity contribution in [1.82, 2.24) is 14.6 Å². The highest BCUT2D eigenvalue weighted by molar-refractivity contribution is 7.34. The molecule has 1 heterocycles. The van der Waals surface area contributed by atoms with Crippen LogP contribution in [0.25, 0.3) is 11.1 Å². The molecule has 0 saturated carbocycles. The van der Waals surface area contributed by atoms with E-state index in [1.807, 2.05) is 24.3 Å². The summed E-state index contributed by atoms with van der Waals surface area (Å²) in [6.45, 7) is 0.940. The van der Waals surface area contributed by atoms with E-state index >= 15 is 0 Å². The Morgan fingerprint density at radius 3 is 2.31 bits per heavy atom. The Labute approximate surface area is 204 Å². The number of amides is 1. The van der Waals surface area contributed by atoms with Crippen LogP contribution in [0.1, 0.15) is 53.3 Å². The van der Waals surface area contributed by atoms with Crippen molar-refractivity contribution in [3.63, 3.8) is 0 Å². The number of imidazole rings is 1. The molecule has 0 saturated heterocycles. The zero-order chi connectivity index (χ0) is 24.6. The van der Waals surface area contributed by atoms with Gasteiger partial charge in [0.05, 0.1) is 19.0 Å². The zero-order valence-corrected chi connectivity index (χ0v) is 20.0. The lowest BCUT2D eigenvalue weighted by atomic mass is 9.98. The molecule has 10 heteroatoms. The number of nitrogens with zero attached hydrogens (tertiary/aromatic N) is 2. The quantitative estimate of drug-likeness (QED) is 0.242. The molecule has 0 fully saturated rings. The second kappa shape index (κ2) is 11.7. The van der Waals surface area contributed by atoms with Gasteiger partial charge in [0.1, 0.15) is 6.61 Å². The normalized spacial score (nSPS) is 12.5. The molecule has 0 radical (unpaired) electrons. The molecule has 35 heavy (non-hydrogen) atoms. The maximum absolute atomic E-state index is 12.2. The lowest BCUT2D eigenvalue weighted by Gasteiger charge is -2.14. The van der Waals surface area contributed by atoms with Gasteiger partial charge < -0.3 is 19.7 Å². The summed E-state index contributed by atoms with van der Waals surface area (Å²) in [7, 11) is -2.97. The van der Waals surface area contributed by atoms with Gasteiger partial charge in [-0.25, -0.2) is 14.6 Å². The number of aromatic nitrogens is 2. The average molecular weight is 495 g/mol. The summed E-state index contributed by atoms with van der Waals surface area (Å²) in [5.41, 5.74) is 4.73. The summed E-state index contributed by atoms with van der Waals surface area (Å²) in [6, 6.07) is 16.4. The number of unbranched alkanes of at least 4 members (excludes halogenated alkanes) is 3. The first-order chi connectivity index (χ1) is 17.1. The van der Waals surface area contributed by atoms with Gasteiger partial charge in [-0.1, -0.05) is 55.0 Å². The standard InChI is InChI=1S/C25H26N3O6P/c29-24(23-26-14-15-28(23)35(31)32)33-16-8-2-1-7-13-27-25(30)34-17-22-20-11-5-3-9-18(20)19-10-4-6-12-21(19)22/h3-6,9-12,14-15,22H,1-2,7-8,13,16-17H2,(H,27,30). The van der Waals surface area contributed by atoms with E-state index in [-0.39, 0.29) is 25.0 Å². The number of nitrogens with one attached hydrogen (secondary N) is 1. The topological polar surface area (TPSA) is 123 Å². The van der Waals surface area contributed by atoms with Gasteiger partial charge in [0.25, 0.3) is 5.82 Å². The Hall–Kier alpha value is -3.55. The van der Waals surface area contributed by atoms with Crippen molar-refractivity contribution in [3.05, 3.63) is 77.9 Å². The van der Waals surface area contributed by atoms with E-state index in [2.05, 4.69) is 34.6 Å². The minimum atomic E-state index is -2.97. The fourth-order valence-electron chi connectivity index (χ4n) is 4.22. The molecule has 0 bridgehead atoms. The smallest absolute Gasteiger partial charge is 0.446 e. The molecule has 182 valence electrons. The van der Waals surface area contributed by atoms with Crippen LogP contribution in [-0.4, -0.2) is 41.1 Å². The van der Waals surface area contributed by atoms with Crippen LogP contribution < -0.4 is 10.2 Å². The van der Waals surface area contributed by atoms with Crippen molar-refractivity contribution in [2.75, 3.05) is 19.8 Å². The molecule has 1 atom stereocenters. The Kier molecular flexibility index (Phi) is 8.23. The van der Waals surface area contributed by atoms with Crippen LogP contribution >= 0.6 is 8.18 Å². The summed E-state index contributed by atoms with van der Waals surface area (Å²) in [5, 5.41) is 2.78. The van der Waals surface area contributed by atoms with E-state index in [0.717, 1.165) is 23.6 Å². The third kappa shape index (κ3) is 5.93. The summed E-state index contributed by atoms with van der Waals surface area (Å²) in [5.74, 6) is -0.997. The van der Waals surface area contributed by atoms with Crippen molar-refractivity contribution in [1.29, 1.82) is 0 Å². The maximum atomic E-state index is 12.2. The number of alkyl carbamates (subject to hydrolysis) is 1. The molecule has 3 aromatic rings. The highest BCUT2D eigenvalue weighted by atomic mass is 31.1. The van der Waals surface area contributed by atoms with E-state index in [4.69, 9.17) is 9.47 Å². The van der Waals surface area contributed by atoms with E-state index in [1.54, 1.807) is 0 Å². The van der Waals surface area contributed by atoms with Gasteiger partial charge in [-0.3, -0.25) is 0 Å². The monoisotopic (exact) mass is 495 g/mol. The number of esters is 1. The van der Waals surface area contributed by atoms with Crippen molar-refractivity contribution < 1.29 is 28.5 Å². The van der Waals surface area contributed by atoms with Crippen LogP contribution in [0.15, 0.2) is 60.9 Å². The van der Waals surface area contributed by atoms with Crippen LogP contribution in [-0.2, 0) is 14.0 Å². The first-order valence-corrected chi connectivity index (χ1v) is 12.6. The van der Waals surface area contributed by atoms with Gasteiger partial charge in [-0.05, 0) is 46.1 Å². The first kappa shape index (κ1) is 24.6. The first-order valence-electron chi connectivity index (χ1n) is 11.5. The van der Waals surface area contributed by atoms with E-state index in [0.29, 0.717) is 13.0 Å². The second-order valence-corrected chi connectivity index (χ2v) is 9.04. The zero-order valence-electron chi connectivity index (χ0n) is 19.1. The Bertz CT molecular complexity index is 1170. The second-order valence-electron chi connectivity index (χ2n) is 8.14. The SMILES string of the molecule is O=C(NCCCCCCOC(=O)c1nccn1[P+](=O)[O-])OCC1c2ccccc2-c2ccccc21. The van der Waals surface area contributed by atoms with Gasteiger partial charge in [-0.15, -0.1) is 4.34 Å². The molecule has 1 aliphatic rings. The number of hydrogen-bond acceptors (Lipinski definition) is 7. The molecule has 0 aliphatic heterocycles. The molecule has 1 amide bonds. The predicted octanol–water partition coefficient (Wildman–Crippen LogP) is 4.00. The van der Waals surface area contributed by atoms with Crippen molar-refractivity contribution in [3.8, 4) is 11.1 Å². The Balaban J connectivity index is 1.10. The lowest BCUT2D eigenvalue weighted by Crippen LogP contribution is -2.27. The van der Waals surface area contributed by atoms with Crippen molar-refractivity contribution >= 4 is 20.2 Å². The minimum Gasteiger partial charge on any atom is -0.573 e. The van der Waals surface area contributed by atoms with Gasteiger partial charge >= 0.3 is 20.2 Å². The van der Waals surface area contributed by atoms with Crippen LogP contribution in [0.2, 0.25) is 0 Å². The number of hydrogen-bond donors (Lipinski definition) is 1. The molecular weight excluding hydrogens is 469 g/mol. The number of ether oxygens (including phenoxy) is 2. The molecule has 1 unspecified atom stereocenters. The number of rotatable bonds is 11. The fourth-order valence-corrected chi connectivity index (χ4v) is 4.68. The predicted molar refractivity (Wildman–Crippen MR) is 127 cm³/mol. The summed E-state index contributed by atoms with van der Waals surface area (Å²) >= 11 is 0. The third-order valence-electron chi connectivity index (χ3n) is 5.90. The number of fused-ring (bicyclic) bond motifs is 3. The average Bonchev–Trinajstić information content (AvgIpc) is 3.48. The van der Waals surface area contributed by atoms with Gasteiger partial charge in [0.15, 0.2) is 0 Å². The van der Waals surface area contributed by atoms with E-state index in [1.165, 1.54) is 34.6 Å². The Morgan fingerprint density at radius 1 is 0.971 bits per heavy atom. The third-order valence-corrected chi connectivity index (χ3v) is 6.57. The Morgan fingerprint density at radius 2 is 1.63 bits per heavy atom. The summed E-state index contributed by atoms with van der Waals surface area (Å²) < 4.78 is 22.4. The number of carbonyl (C=O) groups is 2. The maximum Gasteiger partial charge on any atom is 0.446 e. The highest BCUT2D eigenvalue weighted by Crippen LogP contribution is 2.44. The van der Waals surface area contributed by atoms with Crippen LogP contribution in [0.5, 0.6) is 0 Å². The molecule has 1 aliphatic carbocycles. The largest absolute Gasteiger partial charge is 0.573 e. The van der Waals surface area contributed by atoms with Gasteiger partial charge in [0, 0.05) is 12.5 Å². The number of carbonyl (C=O) groups excluding carboxylic acids is 2. The van der Waals surface area contributed by atoms with Crippen molar-refractivity contribution in [2.45, 2.75) is 31.6 Å². The highest BCUT2D eigenvalue weighted by Gasteiger charge is 2.29. The van der Waals surface area contributed by atoms with E-state index < -0.39 is 20.2 Å². The summed E-state index contributed by atoms with van der Waals surface area (Å²) in [4.78, 5) is 38.8. The molecule has 2 aromatic carbocycles. The summed E-state index contributed by atoms with van der Waals surface area (Å²) in [6.07, 6.45) is 5.00. The fraction of sp³-hybridized carbons (Fsp3) is 0.320. The minimum absolute atomic E-state index is 0.0307. The van der Waals surface area contributed by atoms with E-state index in [9.17, 15) is 19.0 Å². The molecule has 1 N–H and O–H groups in total. The molecular formula is C25H26N3O6P. The van der Waals surface area contributed by atoms with Crippen LogP contribution in [0, 0.1) is 0 Å². The number of benzene rings is 2. The molecule has 4 rings (SSSR count). The molecule has 0 spiro atoms. The van der Waals surface area contributed by atoms with Crippen LogP contribution in [0.4, 0.5) is 4.79 Å². The molecule has 1 aromatic heterocycles. The lowest BCUT2D eigenvalue weighted by molar-refractivity contribution is -0.167. The van der Waals surface area contributed by atoms with Crippen LogP contribution in [0.3, 0.4) is 0 Å².